The van der Waals surface area contributed by atoms with Gasteiger partial charge in [0.1, 0.15) is 12.1 Å². The number of benzene rings is 1. The maximum atomic E-state index is 13.8. The van der Waals surface area contributed by atoms with E-state index in [0.29, 0.717) is 38.2 Å². The Morgan fingerprint density at radius 3 is 2.50 bits per heavy atom. The van der Waals surface area contributed by atoms with E-state index in [1.54, 1.807) is 11.2 Å². The number of thioether (sulfide) groups is 1. The lowest BCUT2D eigenvalue weighted by molar-refractivity contribution is -0.133. The van der Waals surface area contributed by atoms with Gasteiger partial charge in [0.15, 0.2) is 11.6 Å². The van der Waals surface area contributed by atoms with Crippen molar-refractivity contribution in [2.75, 3.05) is 31.1 Å². The number of nitrogens with two attached hydrogens (primary N) is 1. The topological polar surface area (TPSA) is 75.4 Å². The van der Waals surface area contributed by atoms with Gasteiger partial charge in [0.25, 0.3) is 0 Å². The van der Waals surface area contributed by atoms with Gasteiger partial charge < -0.3 is 15.5 Å². The fourth-order valence-electron chi connectivity index (χ4n) is 4.07. The van der Waals surface area contributed by atoms with Crippen LogP contribution in [0.25, 0.3) is 0 Å². The van der Waals surface area contributed by atoms with E-state index in [0.717, 1.165) is 35.2 Å². The van der Waals surface area contributed by atoms with E-state index in [4.69, 9.17) is 5.73 Å². The molecule has 2 aliphatic rings. The van der Waals surface area contributed by atoms with Crippen LogP contribution in [0.3, 0.4) is 0 Å². The van der Waals surface area contributed by atoms with Crippen LogP contribution in [0.4, 0.5) is 14.6 Å². The predicted molar refractivity (Wildman–Crippen MR) is 125 cm³/mol. The number of carbonyl (C=O) groups excluding carboxylic acids is 1. The average Bonchev–Trinajstić information content (AvgIpc) is 3.29. The molecule has 2 aromatic rings. The first-order valence-electron chi connectivity index (χ1n) is 11.1. The molecule has 2 unspecified atom stereocenters. The van der Waals surface area contributed by atoms with Crippen molar-refractivity contribution in [2.45, 2.75) is 50.7 Å². The molecule has 6 nitrogen and oxygen atoms in total. The Morgan fingerprint density at radius 2 is 1.84 bits per heavy atom. The fraction of sp³-hybridized carbons (Fsp3) is 0.522. The number of hydrogen-bond donors (Lipinski definition) is 1. The molecular formula is C23H31F2N5OS. The Hall–Kier alpha value is -2.26. The molecule has 1 saturated heterocycles. The third-order valence-corrected chi connectivity index (χ3v) is 6.61. The van der Waals surface area contributed by atoms with Gasteiger partial charge in [-0.25, -0.2) is 18.7 Å². The van der Waals surface area contributed by atoms with Gasteiger partial charge in [-0.15, -0.1) is 0 Å². The molecule has 174 valence electrons. The zero-order valence-corrected chi connectivity index (χ0v) is 19.7. The van der Waals surface area contributed by atoms with Crippen LogP contribution in [-0.2, 0) is 16.3 Å². The highest BCUT2D eigenvalue weighted by atomic mass is 32.2. The maximum absolute atomic E-state index is 13.8. The summed E-state index contributed by atoms with van der Waals surface area (Å²) in [4.78, 5) is 26.1. The molecule has 4 rings (SSSR count). The highest BCUT2D eigenvalue weighted by molar-refractivity contribution is 7.98. The summed E-state index contributed by atoms with van der Waals surface area (Å²) >= 11 is 1.83. The Labute approximate surface area is 192 Å². The van der Waals surface area contributed by atoms with Crippen LogP contribution >= 0.6 is 11.8 Å². The molecule has 0 aliphatic carbocycles. The number of nitrogens with zero attached hydrogens (tertiary/aromatic N) is 4. The summed E-state index contributed by atoms with van der Waals surface area (Å²) in [6, 6.07) is 3.41. The van der Waals surface area contributed by atoms with E-state index < -0.39 is 17.6 Å². The molecule has 2 aliphatic heterocycles. The minimum Gasteiger partial charge on any atom is -0.353 e. The average molecular weight is 464 g/mol. The zero-order chi connectivity index (χ0) is 23.3. The van der Waals surface area contributed by atoms with E-state index in [1.807, 2.05) is 32.5 Å². The van der Waals surface area contributed by atoms with E-state index in [9.17, 15) is 13.6 Å². The molecule has 2 atom stereocenters. The third-order valence-electron chi connectivity index (χ3n) is 5.64. The van der Waals surface area contributed by atoms with Gasteiger partial charge in [-0.3, -0.25) is 4.79 Å². The Balaban J connectivity index is 0.00000141. The van der Waals surface area contributed by atoms with Crippen molar-refractivity contribution in [1.29, 1.82) is 0 Å². The molecule has 9 heteroatoms. The number of hydrogen-bond acceptors (Lipinski definition) is 6. The Bertz CT molecular complexity index is 935. The molecule has 1 fully saturated rings. The third kappa shape index (κ3) is 5.38. The number of carbonyl (C=O) groups is 1. The number of rotatable bonds is 5. The summed E-state index contributed by atoms with van der Waals surface area (Å²) in [5.74, 6) is 0.232. The van der Waals surface area contributed by atoms with Crippen molar-refractivity contribution in [3.8, 4) is 0 Å². The summed E-state index contributed by atoms with van der Waals surface area (Å²) in [6.07, 6.45) is 1.99. The molecule has 1 aromatic carbocycles. The minimum absolute atomic E-state index is 0.0959. The summed E-state index contributed by atoms with van der Waals surface area (Å²) in [7, 11) is 0. The number of halogens is 2. The number of aromatic nitrogens is 2. The Kier molecular flexibility index (Phi) is 8.42. The highest BCUT2D eigenvalue weighted by Crippen LogP contribution is 2.34. The van der Waals surface area contributed by atoms with Crippen LogP contribution in [0.2, 0.25) is 0 Å². The minimum atomic E-state index is -0.949. The maximum Gasteiger partial charge on any atom is 0.230 e. The molecule has 2 N–H and O–H groups in total. The van der Waals surface area contributed by atoms with Gasteiger partial charge in [-0.1, -0.05) is 19.9 Å². The second kappa shape index (κ2) is 11.0. The fourth-order valence-corrected chi connectivity index (χ4v) is 5.12. The predicted octanol–water partition coefficient (Wildman–Crippen LogP) is 3.70. The summed E-state index contributed by atoms with van der Waals surface area (Å²) in [6.45, 7) is 8.24. The molecule has 1 amide bonds. The second-order valence-electron chi connectivity index (χ2n) is 7.87. The number of amides is 1. The van der Waals surface area contributed by atoms with E-state index in [2.05, 4.69) is 14.9 Å². The van der Waals surface area contributed by atoms with Crippen LogP contribution in [0.1, 0.15) is 49.9 Å². The van der Waals surface area contributed by atoms with Crippen molar-refractivity contribution >= 4 is 23.5 Å². The molecule has 3 heterocycles. The van der Waals surface area contributed by atoms with Crippen LogP contribution in [0.5, 0.6) is 0 Å². The second-order valence-corrected chi connectivity index (χ2v) is 8.85. The van der Waals surface area contributed by atoms with Crippen LogP contribution in [0.15, 0.2) is 24.5 Å². The summed E-state index contributed by atoms with van der Waals surface area (Å²) < 4.78 is 27.1. The molecule has 1 aromatic heterocycles. The van der Waals surface area contributed by atoms with E-state index in [-0.39, 0.29) is 11.9 Å². The van der Waals surface area contributed by atoms with Gasteiger partial charge in [0, 0.05) is 49.3 Å². The molecule has 32 heavy (non-hydrogen) atoms. The van der Waals surface area contributed by atoms with Crippen molar-refractivity contribution in [2.24, 2.45) is 5.73 Å². The van der Waals surface area contributed by atoms with Gasteiger partial charge in [-0.2, -0.15) is 11.8 Å². The van der Waals surface area contributed by atoms with Crippen LogP contribution in [-0.4, -0.2) is 53.0 Å². The van der Waals surface area contributed by atoms with Crippen molar-refractivity contribution in [3.05, 3.63) is 53.0 Å². The zero-order valence-electron chi connectivity index (χ0n) is 18.9. The molecule has 0 radical (unpaired) electrons. The largest absolute Gasteiger partial charge is 0.353 e. The lowest BCUT2D eigenvalue weighted by Gasteiger charge is -2.37. The lowest BCUT2D eigenvalue weighted by Crippen LogP contribution is -2.50. The lowest BCUT2D eigenvalue weighted by atomic mass is 9.91. The van der Waals surface area contributed by atoms with Gasteiger partial charge in [-0.05, 0) is 31.0 Å². The van der Waals surface area contributed by atoms with E-state index >= 15 is 0 Å². The van der Waals surface area contributed by atoms with Gasteiger partial charge in [0.2, 0.25) is 5.91 Å². The smallest absolute Gasteiger partial charge is 0.230 e. The monoisotopic (exact) mass is 463 g/mol. The summed E-state index contributed by atoms with van der Waals surface area (Å²) in [5, 5.41) is 0. The Morgan fingerprint density at radius 1 is 1.12 bits per heavy atom. The first-order chi connectivity index (χ1) is 15.4. The summed E-state index contributed by atoms with van der Waals surface area (Å²) in [5.41, 5.74) is 8.70. The first-order valence-corrected chi connectivity index (χ1v) is 12.2. The molecule has 0 bridgehead atoms. The van der Waals surface area contributed by atoms with Gasteiger partial charge in [0.05, 0.1) is 11.6 Å². The van der Waals surface area contributed by atoms with Crippen molar-refractivity contribution < 1.29 is 13.6 Å². The molecule has 0 saturated carbocycles. The SMILES string of the molecule is CC.CC(N)CC(C(=O)N1CCN(c2ncnc3c2CSC3)CC1)c1ccc(F)c(F)c1. The number of piperazine rings is 1. The van der Waals surface area contributed by atoms with Crippen molar-refractivity contribution in [3.63, 3.8) is 0 Å². The number of anilines is 1. The molecule has 0 spiro atoms. The normalized spacial score (nSPS) is 17.3. The standard InChI is InChI=1S/C21H25F2N5OS.C2H6/c1-13(24)8-15(14-2-3-17(22)18(23)9-14)21(29)28-6-4-27(5-7-28)20-16-10-30-11-19(16)25-12-26-20;1-2/h2-3,9,12-13,15H,4-8,10-11,24H2,1H3;1-2H3. The number of fused-ring (bicyclic) bond motifs is 1. The van der Waals surface area contributed by atoms with Gasteiger partial charge >= 0.3 is 0 Å². The first kappa shape index (κ1) is 24.4. The quantitative estimate of drug-likeness (QED) is 0.729. The highest BCUT2D eigenvalue weighted by Gasteiger charge is 2.31. The molecular weight excluding hydrogens is 432 g/mol. The van der Waals surface area contributed by atoms with Crippen LogP contribution in [0, 0.1) is 11.6 Å². The van der Waals surface area contributed by atoms with Crippen molar-refractivity contribution in [1.82, 2.24) is 14.9 Å². The van der Waals surface area contributed by atoms with Crippen LogP contribution < -0.4 is 10.6 Å². The van der Waals surface area contributed by atoms with E-state index in [1.165, 1.54) is 11.6 Å².